The molecule has 0 amide bonds. The van der Waals surface area contributed by atoms with Crippen molar-refractivity contribution in [1.29, 1.82) is 0 Å². The summed E-state index contributed by atoms with van der Waals surface area (Å²) in [5.41, 5.74) is 1.54. The molecule has 29 heavy (non-hydrogen) atoms. The smallest absolute Gasteiger partial charge is 0.145 e. The average Bonchev–Trinajstić information content (AvgIpc) is 3.40. The normalized spacial score (nSPS) is 27.3. The van der Waals surface area contributed by atoms with Crippen molar-refractivity contribution in [3.05, 3.63) is 63.9 Å². The Morgan fingerprint density at radius 3 is 2.69 bits per heavy atom. The Balaban J connectivity index is 1.58. The van der Waals surface area contributed by atoms with E-state index >= 15 is 0 Å². The Morgan fingerprint density at radius 2 is 1.97 bits per heavy atom. The average molecular weight is 436 g/mol. The molecule has 0 spiro atoms. The van der Waals surface area contributed by atoms with Crippen LogP contribution in [0.15, 0.2) is 47.2 Å². The lowest BCUT2D eigenvalue weighted by atomic mass is 9.89. The molecule has 4 rings (SSSR count). The van der Waals surface area contributed by atoms with Crippen LogP contribution in [0.3, 0.4) is 0 Å². The minimum atomic E-state index is -1.27. The molecule has 1 saturated heterocycles. The van der Waals surface area contributed by atoms with E-state index in [9.17, 15) is 15.3 Å². The summed E-state index contributed by atoms with van der Waals surface area (Å²) in [6.45, 7) is 1.86. The first kappa shape index (κ1) is 20.5. The molecular formula is C21H22ClNO5S. The molecule has 1 aliphatic rings. The molecule has 8 heteroatoms. The minimum Gasteiger partial charge on any atom is -0.463 e. The summed E-state index contributed by atoms with van der Waals surface area (Å²) >= 11 is 7.92. The minimum absolute atomic E-state index is 0.517. The van der Waals surface area contributed by atoms with Gasteiger partial charge in [-0.25, -0.2) is 4.98 Å². The zero-order chi connectivity index (χ0) is 20.5. The lowest BCUT2D eigenvalue weighted by Crippen LogP contribution is -2.53. The number of hydrogen-bond donors (Lipinski definition) is 3. The molecule has 3 N–H and O–H groups in total. The Hall–Kier alpha value is -1.74. The fourth-order valence-electron chi connectivity index (χ4n) is 3.56. The lowest BCUT2D eigenvalue weighted by Gasteiger charge is -2.40. The SMILES string of the molecule is CCC1OC(c2ccc(Cl)c(Cc3ncc(-c4ccco4)s3)c2)C(O)C(O)C1O. The van der Waals surface area contributed by atoms with E-state index in [0.717, 1.165) is 21.2 Å². The van der Waals surface area contributed by atoms with Crippen LogP contribution in [0.2, 0.25) is 5.02 Å². The molecule has 1 aromatic carbocycles. The predicted octanol–water partition coefficient (Wildman–Crippen LogP) is 3.58. The molecule has 1 fully saturated rings. The van der Waals surface area contributed by atoms with Crippen molar-refractivity contribution >= 4 is 22.9 Å². The summed E-state index contributed by atoms with van der Waals surface area (Å²) in [5.74, 6) is 0.769. The molecular weight excluding hydrogens is 414 g/mol. The summed E-state index contributed by atoms with van der Waals surface area (Å²) in [4.78, 5) is 5.40. The quantitative estimate of drug-likeness (QED) is 0.567. The van der Waals surface area contributed by atoms with Gasteiger partial charge in [-0.1, -0.05) is 30.7 Å². The fraction of sp³-hybridized carbons (Fsp3) is 0.381. The molecule has 5 unspecified atom stereocenters. The molecule has 0 radical (unpaired) electrons. The second-order valence-electron chi connectivity index (χ2n) is 7.10. The number of halogens is 1. The van der Waals surface area contributed by atoms with E-state index < -0.39 is 30.5 Å². The predicted molar refractivity (Wildman–Crippen MR) is 110 cm³/mol. The third-order valence-corrected chi connectivity index (χ3v) is 6.55. The molecule has 0 aliphatic carbocycles. The van der Waals surface area contributed by atoms with Crippen LogP contribution in [0.4, 0.5) is 0 Å². The lowest BCUT2D eigenvalue weighted by molar-refractivity contribution is -0.225. The van der Waals surface area contributed by atoms with E-state index in [1.165, 1.54) is 11.3 Å². The maximum atomic E-state index is 10.4. The highest BCUT2D eigenvalue weighted by Crippen LogP contribution is 2.36. The summed E-state index contributed by atoms with van der Waals surface area (Å²) in [7, 11) is 0. The number of aliphatic hydroxyl groups is 3. The molecule has 1 aliphatic heterocycles. The van der Waals surface area contributed by atoms with Crippen molar-refractivity contribution in [2.45, 2.75) is 50.3 Å². The first-order valence-corrected chi connectivity index (χ1v) is 10.6. The van der Waals surface area contributed by atoms with Gasteiger partial charge in [0, 0.05) is 17.6 Å². The van der Waals surface area contributed by atoms with E-state index in [-0.39, 0.29) is 0 Å². The zero-order valence-electron chi connectivity index (χ0n) is 15.7. The largest absolute Gasteiger partial charge is 0.463 e. The highest BCUT2D eigenvalue weighted by Gasteiger charge is 2.43. The maximum Gasteiger partial charge on any atom is 0.145 e. The number of ether oxygens (including phenoxy) is 1. The number of rotatable bonds is 5. The second-order valence-corrected chi connectivity index (χ2v) is 8.62. The Labute approximate surface area is 177 Å². The van der Waals surface area contributed by atoms with Gasteiger partial charge in [0.15, 0.2) is 0 Å². The van der Waals surface area contributed by atoms with E-state index in [4.69, 9.17) is 20.8 Å². The molecule has 2 aromatic heterocycles. The third-order valence-electron chi connectivity index (χ3n) is 5.17. The van der Waals surface area contributed by atoms with Gasteiger partial charge in [-0.3, -0.25) is 0 Å². The number of aliphatic hydroxyl groups excluding tert-OH is 3. The standard InChI is InChI=1S/C21H22ClNO5S/c1-2-14-18(24)19(25)20(26)21(28-14)11-5-6-13(22)12(8-11)9-17-23-10-16(29-17)15-4-3-7-27-15/h3-8,10,14,18-21,24-26H,2,9H2,1H3. The van der Waals surface area contributed by atoms with Crippen LogP contribution in [0.1, 0.15) is 35.6 Å². The molecule has 6 nitrogen and oxygen atoms in total. The van der Waals surface area contributed by atoms with Crippen LogP contribution in [-0.4, -0.2) is 44.7 Å². The third kappa shape index (κ3) is 4.12. The van der Waals surface area contributed by atoms with Crippen LogP contribution < -0.4 is 0 Å². The van der Waals surface area contributed by atoms with Crippen LogP contribution >= 0.6 is 22.9 Å². The first-order chi connectivity index (χ1) is 14.0. The van der Waals surface area contributed by atoms with Crippen molar-refractivity contribution in [2.75, 3.05) is 0 Å². The summed E-state index contributed by atoms with van der Waals surface area (Å²) < 4.78 is 11.3. The van der Waals surface area contributed by atoms with Gasteiger partial charge in [0.2, 0.25) is 0 Å². The molecule has 154 valence electrons. The van der Waals surface area contributed by atoms with Gasteiger partial charge in [-0.2, -0.15) is 0 Å². The number of aromatic nitrogens is 1. The van der Waals surface area contributed by atoms with E-state index in [1.54, 1.807) is 24.6 Å². The Morgan fingerprint density at radius 1 is 1.14 bits per heavy atom. The number of benzene rings is 1. The van der Waals surface area contributed by atoms with Crippen molar-refractivity contribution in [1.82, 2.24) is 4.98 Å². The zero-order valence-corrected chi connectivity index (χ0v) is 17.3. The van der Waals surface area contributed by atoms with Crippen LogP contribution in [0, 0.1) is 0 Å². The van der Waals surface area contributed by atoms with Crippen LogP contribution in [0.25, 0.3) is 10.6 Å². The fourth-order valence-corrected chi connectivity index (χ4v) is 4.65. The molecule has 0 saturated carbocycles. The van der Waals surface area contributed by atoms with Crippen LogP contribution in [0.5, 0.6) is 0 Å². The van der Waals surface area contributed by atoms with Crippen LogP contribution in [-0.2, 0) is 11.2 Å². The highest BCUT2D eigenvalue weighted by atomic mass is 35.5. The summed E-state index contributed by atoms with van der Waals surface area (Å²) in [6.07, 6.45) is -0.474. The number of hydrogen-bond acceptors (Lipinski definition) is 7. The summed E-state index contributed by atoms with van der Waals surface area (Å²) in [6, 6.07) is 9.10. The molecule has 5 atom stereocenters. The van der Waals surface area contributed by atoms with Gasteiger partial charge in [0.1, 0.15) is 30.2 Å². The van der Waals surface area contributed by atoms with Gasteiger partial charge in [-0.15, -0.1) is 11.3 Å². The van der Waals surface area contributed by atoms with E-state index in [0.29, 0.717) is 23.4 Å². The summed E-state index contributed by atoms with van der Waals surface area (Å²) in [5, 5.41) is 32.2. The first-order valence-electron chi connectivity index (χ1n) is 9.44. The second kappa shape index (κ2) is 8.55. The van der Waals surface area contributed by atoms with Gasteiger partial charge in [0.25, 0.3) is 0 Å². The topological polar surface area (TPSA) is 96.0 Å². The van der Waals surface area contributed by atoms with Gasteiger partial charge < -0.3 is 24.5 Å². The Bertz CT molecular complexity index is 958. The molecule has 3 aromatic rings. The van der Waals surface area contributed by atoms with E-state index in [2.05, 4.69) is 4.98 Å². The number of furan rings is 1. The Kier molecular flexibility index (Phi) is 6.06. The van der Waals surface area contributed by atoms with Crippen molar-refractivity contribution in [2.24, 2.45) is 0 Å². The maximum absolute atomic E-state index is 10.4. The van der Waals surface area contributed by atoms with E-state index in [1.807, 2.05) is 25.1 Å². The van der Waals surface area contributed by atoms with Crippen molar-refractivity contribution < 1.29 is 24.5 Å². The number of thiazole rings is 1. The van der Waals surface area contributed by atoms with Crippen molar-refractivity contribution in [3.63, 3.8) is 0 Å². The van der Waals surface area contributed by atoms with Gasteiger partial charge in [0.05, 0.1) is 22.3 Å². The molecule has 0 bridgehead atoms. The van der Waals surface area contributed by atoms with Gasteiger partial charge in [-0.05, 0) is 35.7 Å². The molecule has 3 heterocycles. The monoisotopic (exact) mass is 435 g/mol. The van der Waals surface area contributed by atoms with Crippen molar-refractivity contribution in [3.8, 4) is 10.6 Å². The number of nitrogens with zero attached hydrogens (tertiary/aromatic N) is 1. The highest BCUT2D eigenvalue weighted by molar-refractivity contribution is 7.15. The van der Waals surface area contributed by atoms with Gasteiger partial charge >= 0.3 is 0 Å².